The number of hydrogen-bond acceptors (Lipinski definition) is 9. The number of carboxylic acids is 1. The summed E-state index contributed by atoms with van der Waals surface area (Å²) in [6.07, 6.45) is 0. The molecule has 0 unspecified atom stereocenters. The Morgan fingerprint density at radius 1 is 1.00 bits per heavy atom. The molecule has 0 radical (unpaired) electrons. The van der Waals surface area contributed by atoms with Crippen LogP contribution < -0.4 is 12.3 Å². The highest BCUT2D eigenvalue weighted by molar-refractivity contribution is 7.83. The lowest BCUT2D eigenvalue weighted by atomic mass is 10.4. The zero-order valence-electron chi connectivity index (χ0n) is 9.14. The molecule has 0 spiro atoms. The molecule has 0 heterocycles. The Balaban J connectivity index is -0.000000108. The van der Waals surface area contributed by atoms with Gasteiger partial charge in [-0.1, -0.05) is 15.2 Å². The van der Waals surface area contributed by atoms with Crippen LogP contribution in [0.3, 0.4) is 0 Å². The Bertz CT molecular complexity index is 406. The van der Waals surface area contributed by atoms with Crippen molar-refractivity contribution in [1.29, 1.82) is 0 Å². The lowest BCUT2D eigenvalue weighted by Crippen LogP contribution is -2.10. The van der Waals surface area contributed by atoms with Crippen molar-refractivity contribution in [3.05, 3.63) is 12.2 Å². The molecule has 18 heavy (non-hydrogen) atoms. The maximum Gasteiger partial charge on any atom is 0.425 e. The van der Waals surface area contributed by atoms with Crippen molar-refractivity contribution >= 4 is 26.8 Å². The predicted molar refractivity (Wildman–Crippen MR) is 57.8 cm³/mol. The molecular formula is C4H14N2O10S2. The molecule has 0 bridgehead atoms. The molecule has 12 nitrogen and oxygen atoms in total. The van der Waals surface area contributed by atoms with Crippen molar-refractivity contribution in [1.82, 2.24) is 12.3 Å². The van der Waals surface area contributed by atoms with Gasteiger partial charge in [-0.05, 0) is 6.92 Å². The topological polar surface area (TPSA) is 234 Å². The first kappa shape index (κ1) is 25.7. The van der Waals surface area contributed by atoms with Crippen LogP contribution in [-0.2, 0) is 34.3 Å². The zero-order valence-corrected chi connectivity index (χ0v) is 10.8. The van der Waals surface area contributed by atoms with Gasteiger partial charge >= 0.3 is 26.8 Å². The number of carboxylic acid groups (broad SMARTS) is 1. The summed E-state index contributed by atoms with van der Waals surface area (Å²) in [4.78, 5) is 9.60. The summed E-state index contributed by atoms with van der Waals surface area (Å²) in [5.74, 6) is -0.935. The standard InChI is InChI=1S/C4H6O2.2H3N.H2O8S2/c1-3(2)4(5)6;;;1-9(2,3)7-8-10(4,5)6/h1H2,2H3,(H,5,6);2*1H3;(H,1,2,3)(H,4,5,6). The maximum absolute atomic E-state index is 9.60. The number of aliphatic carboxylic acids is 1. The van der Waals surface area contributed by atoms with Crippen LogP contribution in [0.4, 0.5) is 0 Å². The maximum atomic E-state index is 9.60. The average molecular weight is 314 g/mol. The molecule has 0 aromatic heterocycles. The van der Waals surface area contributed by atoms with E-state index in [-0.39, 0.29) is 17.9 Å². The first-order chi connectivity index (χ1) is 6.85. The molecule has 0 rings (SSSR count). The molecule has 0 saturated heterocycles. The summed E-state index contributed by atoms with van der Waals surface area (Å²) in [5, 5.41) is 7.89. The van der Waals surface area contributed by atoms with Gasteiger partial charge in [-0.3, -0.25) is 9.11 Å². The fourth-order valence-electron chi connectivity index (χ4n) is 0.0702. The highest BCUT2D eigenvalue weighted by Gasteiger charge is 2.13. The van der Waals surface area contributed by atoms with Crippen LogP contribution in [0.15, 0.2) is 12.2 Å². The van der Waals surface area contributed by atoms with Crippen LogP contribution in [0.25, 0.3) is 0 Å². The monoisotopic (exact) mass is 314 g/mol. The van der Waals surface area contributed by atoms with Crippen LogP contribution in [-0.4, -0.2) is 37.0 Å². The van der Waals surface area contributed by atoms with Crippen molar-refractivity contribution in [2.75, 3.05) is 0 Å². The van der Waals surface area contributed by atoms with Crippen molar-refractivity contribution in [2.45, 2.75) is 6.92 Å². The largest absolute Gasteiger partial charge is 0.478 e. The van der Waals surface area contributed by atoms with Gasteiger partial charge in [0.2, 0.25) is 0 Å². The van der Waals surface area contributed by atoms with Crippen molar-refractivity contribution < 1.29 is 44.5 Å². The fraction of sp³-hybridized carbons (Fsp3) is 0.250. The second-order valence-corrected chi connectivity index (χ2v) is 4.06. The van der Waals surface area contributed by atoms with Gasteiger partial charge < -0.3 is 17.4 Å². The highest BCUT2D eigenvalue weighted by Crippen LogP contribution is 1.92. The summed E-state index contributed by atoms with van der Waals surface area (Å²) in [6.45, 7) is 4.60. The van der Waals surface area contributed by atoms with Gasteiger partial charge in [0, 0.05) is 5.57 Å². The third kappa shape index (κ3) is 29.4. The van der Waals surface area contributed by atoms with E-state index < -0.39 is 26.8 Å². The van der Waals surface area contributed by atoms with Crippen LogP contribution in [0, 0.1) is 0 Å². The molecular weight excluding hydrogens is 300 g/mol. The van der Waals surface area contributed by atoms with Crippen molar-refractivity contribution in [3.8, 4) is 0 Å². The molecule has 112 valence electrons. The van der Waals surface area contributed by atoms with E-state index in [1.165, 1.54) is 6.92 Å². The van der Waals surface area contributed by atoms with Gasteiger partial charge in [0.1, 0.15) is 0 Å². The van der Waals surface area contributed by atoms with E-state index in [0.29, 0.717) is 0 Å². The Labute approximate surface area is 103 Å². The molecule has 0 atom stereocenters. The molecule has 0 aliphatic heterocycles. The normalized spacial score (nSPS) is 9.94. The van der Waals surface area contributed by atoms with Crippen LogP contribution in [0.5, 0.6) is 0 Å². The Morgan fingerprint density at radius 2 is 1.17 bits per heavy atom. The molecule has 0 saturated carbocycles. The zero-order chi connectivity index (χ0) is 13.6. The Hall–Kier alpha value is -1.13. The molecule has 0 fully saturated rings. The minimum atomic E-state index is -5.02. The van der Waals surface area contributed by atoms with Gasteiger partial charge in [-0.15, -0.1) is 0 Å². The quantitative estimate of drug-likeness (QED) is 0.191. The van der Waals surface area contributed by atoms with Crippen LogP contribution >= 0.6 is 0 Å². The molecule has 0 aliphatic rings. The van der Waals surface area contributed by atoms with E-state index in [4.69, 9.17) is 14.2 Å². The summed E-state index contributed by atoms with van der Waals surface area (Å²) < 4.78 is 58.9. The van der Waals surface area contributed by atoms with Gasteiger partial charge in [0.05, 0.1) is 0 Å². The van der Waals surface area contributed by atoms with Gasteiger partial charge in [-0.2, -0.15) is 16.8 Å². The third-order valence-electron chi connectivity index (χ3n) is 0.565. The number of hydrogen-bond donors (Lipinski definition) is 5. The number of rotatable bonds is 4. The second-order valence-electron chi connectivity index (χ2n) is 2.08. The summed E-state index contributed by atoms with van der Waals surface area (Å²) in [7, 11) is -10.0. The SMILES string of the molecule is C=C(C)C(=O)O.N.N.O=S(=O)(O)OOS(=O)(=O)O. The van der Waals surface area contributed by atoms with Gasteiger partial charge in [-0.25, -0.2) is 4.79 Å². The second kappa shape index (κ2) is 9.85. The number of carbonyl (C=O) groups is 1. The molecule has 0 aliphatic carbocycles. The summed E-state index contributed by atoms with van der Waals surface area (Å²) in [5.41, 5.74) is 0.176. The van der Waals surface area contributed by atoms with E-state index in [0.717, 1.165) is 0 Å². The molecule has 0 aromatic rings. The van der Waals surface area contributed by atoms with E-state index >= 15 is 0 Å². The minimum absolute atomic E-state index is 0. The summed E-state index contributed by atoms with van der Waals surface area (Å²) in [6, 6.07) is 0. The average Bonchev–Trinajstić information content (AvgIpc) is 1.99. The van der Waals surface area contributed by atoms with Crippen molar-refractivity contribution in [2.24, 2.45) is 0 Å². The van der Waals surface area contributed by atoms with Gasteiger partial charge in [0.15, 0.2) is 0 Å². The molecule has 9 N–H and O–H groups in total. The summed E-state index contributed by atoms with van der Waals surface area (Å²) >= 11 is 0. The van der Waals surface area contributed by atoms with E-state index in [2.05, 4.69) is 15.2 Å². The van der Waals surface area contributed by atoms with Crippen molar-refractivity contribution in [3.63, 3.8) is 0 Å². The minimum Gasteiger partial charge on any atom is -0.478 e. The smallest absolute Gasteiger partial charge is 0.425 e. The van der Waals surface area contributed by atoms with E-state index in [1.807, 2.05) is 0 Å². The first-order valence-electron chi connectivity index (χ1n) is 3.06. The Morgan fingerprint density at radius 3 is 1.22 bits per heavy atom. The lowest BCUT2D eigenvalue weighted by molar-refractivity contribution is -0.132. The van der Waals surface area contributed by atoms with Crippen LogP contribution in [0.1, 0.15) is 6.92 Å². The highest BCUT2D eigenvalue weighted by atomic mass is 32.3. The van der Waals surface area contributed by atoms with Crippen LogP contribution in [0.2, 0.25) is 0 Å². The molecule has 0 aromatic carbocycles. The fourth-order valence-corrected chi connectivity index (χ4v) is 0.632. The first-order valence-corrected chi connectivity index (χ1v) is 5.79. The van der Waals surface area contributed by atoms with E-state index in [9.17, 15) is 21.6 Å². The third-order valence-corrected chi connectivity index (χ3v) is 1.13. The molecule has 0 amide bonds. The van der Waals surface area contributed by atoms with Gasteiger partial charge in [0.25, 0.3) is 0 Å². The molecule has 14 heteroatoms. The predicted octanol–water partition coefficient (Wildman–Crippen LogP) is -0.489. The lowest BCUT2D eigenvalue weighted by Gasteiger charge is -1.92. The van der Waals surface area contributed by atoms with E-state index in [1.54, 1.807) is 0 Å². The Kier molecular flexibility index (Phi) is 14.0.